The van der Waals surface area contributed by atoms with Gasteiger partial charge in [-0.1, -0.05) is 6.07 Å². The van der Waals surface area contributed by atoms with Crippen LogP contribution >= 0.6 is 11.3 Å². The fourth-order valence-corrected chi connectivity index (χ4v) is 3.73. The Bertz CT molecular complexity index is 650. The molecule has 5 nitrogen and oxygen atoms in total. The molecule has 1 saturated heterocycles. The summed E-state index contributed by atoms with van der Waals surface area (Å²) in [7, 11) is 3.18. The number of methoxy groups -OCH3 is 2. The molecular formula is C17H20N2O3S. The van der Waals surface area contributed by atoms with Gasteiger partial charge in [-0.05, 0) is 24.3 Å². The summed E-state index contributed by atoms with van der Waals surface area (Å²) in [6.45, 7) is 0.773. The number of thiophene rings is 1. The SMILES string of the molecule is COc1cc(NC(=O)N2CCC[C@@H]2c2cccs2)cc(OC)c1. The molecule has 1 aliphatic rings. The Hall–Kier alpha value is -2.21. The zero-order valence-electron chi connectivity index (χ0n) is 13.2. The van der Waals surface area contributed by atoms with E-state index in [1.54, 1.807) is 43.8 Å². The number of carbonyl (C=O) groups excluding carboxylic acids is 1. The van der Waals surface area contributed by atoms with Crippen molar-refractivity contribution in [1.82, 2.24) is 4.90 Å². The number of rotatable bonds is 4. The summed E-state index contributed by atoms with van der Waals surface area (Å²) in [4.78, 5) is 15.8. The Kier molecular flexibility index (Phi) is 4.71. The second kappa shape index (κ2) is 6.91. The van der Waals surface area contributed by atoms with Crippen LogP contribution in [0.15, 0.2) is 35.7 Å². The highest BCUT2D eigenvalue weighted by Gasteiger charge is 2.30. The molecule has 0 aliphatic carbocycles. The van der Waals surface area contributed by atoms with Crippen LogP contribution in [0.4, 0.5) is 10.5 Å². The van der Waals surface area contributed by atoms with Crippen molar-refractivity contribution in [2.45, 2.75) is 18.9 Å². The zero-order chi connectivity index (χ0) is 16.2. The van der Waals surface area contributed by atoms with Gasteiger partial charge in [0.2, 0.25) is 0 Å². The standard InChI is InChI=1S/C17H20N2O3S/c1-21-13-9-12(10-14(11-13)22-2)18-17(20)19-7-3-5-15(19)16-6-4-8-23-16/h4,6,8-11,15H,3,5,7H2,1-2H3,(H,18,20)/t15-/m1/s1. The minimum absolute atomic E-state index is 0.0868. The minimum atomic E-state index is -0.0868. The summed E-state index contributed by atoms with van der Waals surface area (Å²) in [5, 5.41) is 5.01. The van der Waals surface area contributed by atoms with Gasteiger partial charge in [-0.15, -0.1) is 11.3 Å². The van der Waals surface area contributed by atoms with Crippen LogP contribution in [-0.4, -0.2) is 31.7 Å². The van der Waals surface area contributed by atoms with Crippen LogP contribution in [0, 0.1) is 0 Å². The van der Waals surface area contributed by atoms with Crippen molar-refractivity contribution in [2.75, 3.05) is 26.1 Å². The minimum Gasteiger partial charge on any atom is -0.497 e. The summed E-state index contributed by atoms with van der Waals surface area (Å²) in [5.74, 6) is 1.30. The molecule has 2 aromatic rings. The molecule has 0 bridgehead atoms. The van der Waals surface area contributed by atoms with Crippen molar-refractivity contribution in [3.05, 3.63) is 40.6 Å². The van der Waals surface area contributed by atoms with Crippen molar-refractivity contribution in [1.29, 1.82) is 0 Å². The predicted molar refractivity (Wildman–Crippen MR) is 91.6 cm³/mol. The van der Waals surface area contributed by atoms with E-state index in [4.69, 9.17) is 9.47 Å². The number of carbonyl (C=O) groups is 1. The van der Waals surface area contributed by atoms with Crippen LogP contribution in [0.25, 0.3) is 0 Å². The lowest BCUT2D eigenvalue weighted by atomic mass is 10.2. The largest absolute Gasteiger partial charge is 0.497 e. The van der Waals surface area contributed by atoms with E-state index in [9.17, 15) is 4.79 Å². The van der Waals surface area contributed by atoms with Gasteiger partial charge in [0.1, 0.15) is 11.5 Å². The fraction of sp³-hybridized carbons (Fsp3) is 0.353. The van der Waals surface area contributed by atoms with Gasteiger partial charge < -0.3 is 19.7 Å². The summed E-state index contributed by atoms with van der Waals surface area (Å²) < 4.78 is 10.5. The average molecular weight is 332 g/mol. The number of urea groups is 1. The maximum Gasteiger partial charge on any atom is 0.322 e. The van der Waals surface area contributed by atoms with Gasteiger partial charge >= 0.3 is 6.03 Å². The van der Waals surface area contributed by atoms with E-state index in [2.05, 4.69) is 16.8 Å². The van der Waals surface area contributed by atoms with Gasteiger partial charge in [0.15, 0.2) is 0 Å². The summed E-state index contributed by atoms with van der Waals surface area (Å²) in [6.07, 6.45) is 2.03. The van der Waals surface area contributed by atoms with E-state index in [1.807, 2.05) is 11.0 Å². The van der Waals surface area contributed by atoms with Crippen molar-refractivity contribution >= 4 is 23.1 Å². The van der Waals surface area contributed by atoms with E-state index in [1.165, 1.54) is 4.88 Å². The summed E-state index contributed by atoms with van der Waals surface area (Å²) in [5.41, 5.74) is 0.669. The normalized spacial score (nSPS) is 17.1. The molecule has 1 atom stereocenters. The molecule has 1 fully saturated rings. The molecule has 0 unspecified atom stereocenters. The number of anilines is 1. The van der Waals surface area contributed by atoms with Crippen LogP contribution in [0.5, 0.6) is 11.5 Å². The molecule has 122 valence electrons. The first-order valence-electron chi connectivity index (χ1n) is 7.55. The van der Waals surface area contributed by atoms with Gasteiger partial charge in [0.25, 0.3) is 0 Å². The first-order valence-corrected chi connectivity index (χ1v) is 8.43. The van der Waals surface area contributed by atoms with Crippen molar-refractivity contribution < 1.29 is 14.3 Å². The Labute approximate surface area is 139 Å². The number of nitrogens with one attached hydrogen (secondary N) is 1. The highest BCUT2D eigenvalue weighted by atomic mass is 32.1. The lowest BCUT2D eigenvalue weighted by Gasteiger charge is -2.24. The number of amides is 2. The molecule has 1 N–H and O–H groups in total. The lowest BCUT2D eigenvalue weighted by Crippen LogP contribution is -2.34. The molecule has 23 heavy (non-hydrogen) atoms. The molecule has 1 aliphatic heterocycles. The lowest BCUT2D eigenvalue weighted by molar-refractivity contribution is 0.208. The van der Waals surface area contributed by atoms with Gasteiger partial charge in [0, 0.05) is 35.3 Å². The third-order valence-electron chi connectivity index (χ3n) is 3.99. The van der Waals surface area contributed by atoms with Crippen molar-refractivity contribution in [3.63, 3.8) is 0 Å². The molecule has 2 heterocycles. The first kappa shape index (κ1) is 15.7. The molecule has 0 radical (unpaired) electrons. The molecule has 0 spiro atoms. The number of ether oxygens (including phenoxy) is 2. The van der Waals surface area contributed by atoms with E-state index in [0.717, 1.165) is 19.4 Å². The molecule has 3 rings (SSSR count). The van der Waals surface area contributed by atoms with Crippen LogP contribution in [-0.2, 0) is 0 Å². The first-order chi connectivity index (χ1) is 11.2. The summed E-state index contributed by atoms with van der Waals surface area (Å²) in [6, 6.07) is 9.56. The van der Waals surface area contributed by atoms with Gasteiger partial charge in [-0.3, -0.25) is 0 Å². The Morgan fingerprint density at radius 2 is 2.00 bits per heavy atom. The van der Waals surface area contributed by atoms with Gasteiger partial charge in [0.05, 0.1) is 20.3 Å². The number of likely N-dealkylation sites (tertiary alicyclic amines) is 1. The highest BCUT2D eigenvalue weighted by molar-refractivity contribution is 7.10. The number of nitrogens with zero attached hydrogens (tertiary/aromatic N) is 1. The van der Waals surface area contributed by atoms with Crippen LogP contribution < -0.4 is 14.8 Å². The van der Waals surface area contributed by atoms with E-state index >= 15 is 0 Å². The van der Waals surface area contributed by atoms with Gasteiger partial charge in [-0.2, -0.15) is 0 Å². The van der Waals surface area contributed by atoms with Crippen molar-refractivity contribution in [3.8, 4) is 11.5 Å². The zero-order valence-corrected chi connectivity index (χ0v) is 14.1. The molecule has 1 aromatic heterocycles. The van der Waals surface area contributed by atoms with Gasteiger partial charge in [-0.25, -0.2) is 4.79 Å². The van der Waals surface area contributed by atoms with E-state index in [0.29, 0.717) is 17.2 Å². The average Bonchev–Trinajstić information content (AvgIpc) is 3.24. The van der Waals surface area contributed by atoms with Crippen molar-refractivity contribution in [2.24, 2.45) is 0 Å². The third kappa shape index (κ3) is 3.42. The molecule has 6 heteroatoms. The Balaban J connectivity index is 1.76. The summed E-state index contributed by atoms with van der Waals surface area (Å²) >= 11 is 1.70. The maximum atomic E-state index is 12.7. The second-order valence-corrected chi connectivity index (χ2v) is 6.38. The van der Waals surface area contributed by atoms with Crippen LogP contribution in [0.2, 0.25) is 0 Å². The number of benzene rings is 1. The van der Waals surface area contributed by atoms with Crippen LogP contribution in [0.1, 0.15) is 23.8 Å². The Morgan fingerprint density at radius 3 is 2.61 bits per heavy atom. The predicted octanol–water partition coefficient (Wildman–Crippen LogP) is 4.13. The molecule has 1 aromatic carbocycles. The molecule has 2 amide bonds. The fourth-order valence-electron chi connectivity index (χ4n) is 2.86. The smallest absolute Gasteiger partial charge is 0.322 e. The third-order valence-corrected chi connectivity index (χ3v) is 4.96. The second-order valence-electron chi connectivity index (χ2n) is 5.40. The van der Waals surface area contributed by atoms with Crippen LogP contribution in [0.3, 0.4) is 0 Å². The highest BCUT2D eigenvalue weighted by Crippen LogP contribution is 2.35. The number of hydrogen-bond acceptors (Lipinski definition) is 4. The quantitative estimate of drug-likeness (QED) is 0.916. The molecular weight excluding hydrogens is 312 g/mol. The maximum absolute atomic E-state index is 12.7. The van der Waals surface area contributed by atoms with E-state index in [-0.39, 0.29) is 12.1 Å². The Morgan fingerprint density at radius 1 is 1.26 bits per heavy atom. The number of hydrogen-bond donors (Lipinski definition) is 1. The topological polar surface area (TPSA) is 50.8 Å². The monoisotopic (exact) mass is 332 g/mol. The molecule has 0 saturated carbocycles. The van der Waals surface area contributed by atoms with E-state index < -0.39 is 0 Å².